The van der Waals surface area contributed by atoms with Crippen LogP contribution in [0, 0.1) is 0 Å². The van der Waals surface area contributed by atoms with Crippen LogP contribution in [0.5, 0.6) is 5.75 Å². The largest absolute Gasteiger partial charge is 0.491 e. The summed E-state index contributed by atoms with van der Waals surface area (Å²) >= 11 is 0. The van der Waals surface area contributed by atoms with Crippen molar-refractivity contribution in [3.8, 4) is 5.75 Å². The number of amides is 1. The Balaban J connectivity index is 1.94. The first-order valence-electron chi connectivity index (χ1n) is 7.78. The van der Waals surface area contributed by atoms with Gasteiger partial charge in [-0.05, 0) is 29.2 Å². The van der Waals surface area contributed by atoms with Crippen molar-refractivity contribution in [3.63, 3.8) is 0 Å². The van der Waals surface area contributed by atoms with E-state index in [1.54, 1.807) is 30.3 Å². The van der Waals surface area contributed by atoms with E-state index in [1.165, 1.54) is 5.56 Å². The third-order valence-electron chi connectivity index (χ3n) is 3.61. The number of aromatic nitrogens is 1. The van der Waals surface area contributed by atoms with Crippen LogP contribution in [0.3, 0.4) is 0 Å². The molecule has 0 bridgehead atoms. The molecule has 0 atom stereocenters. The van der Waals surface area contributed by atoms with Gasteiger partial charge in [0.2, 0.25) is 0 Å². The lowest BCUT2D eigenvalue weighted by molar-refractivity contribution is 0.0767. The quantitative estimate of drug-likeness (QED) is 0.848. The molecule has 4 nitrogen and oxygen atoms in total. The van der Waals surface area contributed by atoms with Crippen molar-refractivity contribution >= 4 is 5.91 Å². The molecule has 0 radical (unpaired) electrons. The Bertz CT molecular complexity index is 648. The van der Waals surface area contributed by atoms with Crippen LogP contribution in [0.1, 0.15) is 36.8 Å². The highest BCUT2D eigenvalue weighted by atomic mass is 16.5. The molecule has 23 heavy (non-hydrogen) atoms. The molecule has 1 heterocycles. The molecule has 0 aliphatic carbocycles. The van der Waals surface area contributed by atoms with Crippen LogP contribution >= 0.6 is 0 Å². The van der Waals surface area contributed by atoms with E-state index >= 15 is 0 Å². The zero-order valence-corrected chi connectivity index (χ0v) is 14.2. The number of pyridine rings is 1. The van der Waals surface area contributed by atoms with E-state index in [2.05, 4.69) is 31.8 Å². The van der Waals surface area contributed by atoms with E-state index in [0.29, 0.717) is 18.8 Å². The summed E-state index contributed by atoms with van der Waals surface area (Å²) in [7, 11) is 1.76. The van der Waals surface area contributed by atoms with Crippen molar-refractivity contribution in [3.05, 3.63) is 59.9 Å². The molecule has 0 N–H and O–H groups in total. The summed E-state index contributed by atoms with van der Waals surface area (Å²) in [5.74, 6) is 0.775. The van der Waals surface area contributed by atoms with Gasteiger partial charge in [-0.2, -0.15) is 0 Å². The number of hydrogen-bond acceptors (Lipinski definition) is 3. The molecule has 1 aromatic carbocycles. The van der Waals surface area contributed by atoms with Crippen LogP contribution in [0.2, 0.25) is 0 Å². The molecule has 0 spiro atoms. The maximum absolute atomic E-state index is 12.2. The summed E-state index contributed by atoms with van der Waals surface area (Å²) in [6.45, 7) is 7.43. The van der Waals surface area contributed by atoms with E-state index in [0.717, 1.165) is 5.75 Å². The van der Waals surface area contributed by atoms with E-state index in [-0.39, 0.29) is 11.3 Å². The minimum atomic E-state index is -0.0988. The summed E-state index contributed by atoms with van der Waals surface area (Å²) in [5, 5.41) is 0. The lowest BCUT2D eigenvalue weighted by atomic mass is 9.86. The number of ether oxygens (including phenoxy) is 1. The number of carbonyl (C=O) groups excluding carboxylic acids is 1. The first kappa shape index (κ1) is 17.0. The van der Waals surface area contributed by atoms with Gasteiger partial charge in [-0.1, -0.05) is 45.0 Å². The third kappa shape index (κ3) is 4.55. The molecule has 4 heteroatoms. The summed E-state index contributed by atoms with van der Waals surface area (Å²) < 4.78 is 5.91. The van der Waals surface area contributed by atoms with Gasteiger partial charge in [0.25, 0.3) is 5.91 Å². The van der Waals surface area contributed by atoms with Crippen molar-refractivity contribution < 1.29 is 9.53 Å². The minimum absolute atomic E-state index is 0.0201. The molecule has 2 rings (SSSR count). The topological polar surface area (TPSA) is 42.4 Å². The van der Waals surface area contributed by atoms with Gasteiger partial charge in [0.05, 0.1) is 6.54 Å². The average Bonchev–Trinajstić information content (AvgIpc) is 2.54. The van der Waals surface area contributed by atoms with Gasteiger partial charge in [0, 0.05) is 13.2 Å². The fourth-order valence-corrected chi connectivity index (χ4v) is 2.29. The second kappa shape index (κ2) is 7.27. The van der Waals surface area contributed by atoms with Crippen molar-refractivity contribution in [2.75, 3.05) is 20.2 Å². The van der Waals surface area contributed by atoms with Gasteiger partial charge in [-0.3, -0.25) is 9.78 Å². The highest BCUT2D eigenvalue weighted by Gasteiger charge is 2.18. The number of hydrogen-bond donors (Lipinski definition) is 0. The number of rotatable bonds is 5. The Morgan fingerprint density at radius 3 is 2.48 bits per heavy atom. The van der Waals surface area contributed by atoms with Gasteiger partial charge < -0.3 is 9.64 Å². The smallest absolute Gasteiger partial charge is 0.272 e. The van der Waals surface area contributed by atoms with Gasteiger partial charge in [0.1, 0.15) is 18.1 Å². The monoisotopic (exact) mass is 312 g/mol. The van der Waals surface area contributed by atoms with Gasteiger partial charge in [0.15, 0.2) is 0 Å². The Labute approximate surface area is 138 Å². The molecular formula is C19H24N2O2. The normalized spacial score (nSPS) is 11.1. The minimum Gasteiger partial charge on any atom is -0.491 e. The van der Waals surface area contributed by atoms with Crippen LogP contribution < -0.4 is 4.74 Å². The standard InChI is InChI=1S/C19H24N2O2/c1-19(2,3)15-9-5-6-11-17(15)23-14-13-21(4)18(22)16-10-7-8-12-20-16/h5-12H,13-14H2,1-4H3. The molecule has 1 aromatic heterocycles. The molecule has 0 saturated heterocycles. The van der Waals surface area contributed by atoms with E-state index in [4.69, 9.17) is 4.74 Å². The van der Waals surface area contributed by atoms with Crippen LogP contribution in [-0.4, -0.2) is 36.0 Å². The van der Waals surface area contributed by atoms with Gasteiger partial charge in [-0.15, -0.1) is 0 Å². The first-order chi connectivity index (χ1) is 10.9. The van der Waals surface area contributed by atoms with Crippen LogP contribution in [-0.2, 0) is 5.41 Å². The highest BCUT2D eigenvalue weighted by Crippen LogP contribution is 2.30. The number of carbonyl (C=O) groups is 1. The number of nitrogens with zero attached hydrogens (tertiary/aromatic N) is 2. The molecule has 0 fully saturated rings. The van der Waals surface area contributed by atoms with Gasteiger partial charge in [-0.25, -0.2) is 0 Å². The van der Waals surface area contributed by atoms with Gasteiger partial charge >= 0.3 is 0 Å². The Morgan fingerprint density at radius 1 is 1.13 bits per heavy atom. The Kier molecular flexibility index (Phi) is 5.37. The maximum Gasteiger partial charge on any atom is 0.272 e. The third-order valence-corrected chi connectivity index (χ3v) is 3.61. The highest BCUT2D eigenvalue weighted by molar-refractivity contribution is 5.92. The molecule has 1 amide bonds. The summed E-state index contributed by atoms with van der Waals surface area (Å²) in [6, 6.07) is 13.4. The van der Waals surface area contributed by atoms with E-state index in [9.17, 15) is 4.79 Å². The summed E-state index contributed by atoms with van der Waals surface area (Å²) in [4.78, 5) is 17.9. The van der Waals surface area contributed by atoms with E-state index in [1.807, 2.05) is 24.3 Å². The van der Waals surface area contributed by atoms with Crippen molar-refractivity contribution in [1.29, 1.82) is 0 Å². The van der Waals surface area contributed by atoms with Crippen molar-refractivity contribution in [2.24, 2.45) is 0 Å². The van der Waals surface area contributed by atoms with E-state index < -0.39 is 0 Å². The molecule has 122 valence electrons. The van der Waals surface area contributed by atoms with Crippen molar-refractivity contribution in [2.45, 2.75) is 26.2 Å². The van der Waals surface area contributed by atoms with Crippen molar-refractivity contribution in [1.82, 2.24) is 9.88 Å². The lowest BCUT2D eigenvalue weighted by Gasteiger charge is -2.23. The maximum atomic E-state index is 12.2. The fraction of sp³-hybridized carbons (Fsp3) is 0.368. The summed E-state index contributed by atoms with van der Waals surface area (Å²) in [6.07, 6.45) is 1.62. The zero-order valence-electron chi connectivity index (χ0n) is 14.2. The molecule has 0 aliphatic heterocycles. The van der Waals surface area contributed by atoms with Crippen LogP contribution in [0.25, 0.3) is 0 Å². The molecule has 0 saturated carbocycles. The lowest BCUT2D eigenvalue weighted by Crippen LogP contribution is -2.31. The van der Waals surface area contributed by atoms with Crippen LogP contribution in [0.15, 0.2) is 48.7 Å². The molecule has 2 aromatic rings. The zero-order chi connectivity index (χ0) is 16.9. The Hall–Kier alpha value is -2.36. The second-order valence-electron chi connectivity index (χ2n) is 6.54. The molecule has 0 unspecified atom stereocenters. The Morgan fingerprint density at radius 2 is 1.83 bits per heavy atom. The summed E-state index contributed by atoms with van der Waals surface area (Å²) in [5.41, 5.74) is 1.63. The second-order valence-corrected chi connectivity index (χ2v) is 6.54. The number of likely N-dealkylation sites (N-methyl/N-ethyl adjacent to an activating group) is 1. The average molecular weight is 312 g/mol. The van der Waals surface area contributed by atoms with Crippen LogP contribution in [0.4, 0.5) is 0 Å². The fourth-order valence-electron chi connectivity index (χ4n) is 2.29. The first-order valence-corrected chi connectivity index (χ1v) is 7.78. The SMILES string of the molecule is CN(CCOc1ccccc1C(C)(C)C)C(=O)c1ccccn1. The predicted molar refractivity (Wildman–Crippen MR) is 91.8 cm³/mol. The molecule has 0 aliphatic rings. The number of para-hydroxylation sites is 1. The predicted octanol–water partition coefficient (Wildman–Crippen LogP) is 3.53. The number of benzene rings is 1. The molecular weight excluding hydrogens is 288 g/mol.